The number of anilines is 2. The first-order chi connectivity index (χ1) is 13.6. The predicted octanol–water partition coefficient (Wildman–Crippen LogP) is 2.19. The lowest BCUT2D eigenvalue weighted by atomic mass is 10.1. The highest BCUT2D eigenvalue weighted by Crippen LogP contribution is 2.43. The van der Waals surface area contributed by atoms with E-state index in [9.17, 15) is 4.79 Å². The van der Waals surface area contributed by atoms with Crippen molar-refractivity contribution >= 4 is 29.0 Å². The average Bonchev–Trinajstić information content (AvgIpc) is 3.33. The SMILES string of the molecule is CC1(C)O[C@@H]2[C@@H](O1)[C@H](n1cnc3c(Nc4ccccc4)ncnc31)O[C@H]2C=O. The average molecular weight is 381 g/mol. The van der Waals surface area contributed by atoms with Crippen molar-refractivity contribution in [2.45, 2.75) is 44.2 Å². The van der Waals surface area contributed by atoms with Crippen molar-refractivity contribution in [2.75, 3.05) is 5.32 Å². The molecule has 2 saturated heterocycles. The molecule has 0 radical (unpaired) electrons. The molecule has 0 saturated carbocycles. The first kappa shape index (κ1) is 17.2. The van der Waals surface area contributed by atoms with E-state index < -0.39 is 30.3 Å². The Morgan fingerprint density at radius 1 is 1.11 bits per heavy atom. The molecule has 28 heavy (non-hydrogen) atoms. The lowest BCUT2D eigenvalue weighted by Gasteiger charge is -2.23. The van der Waals surface area contributed by atoms with Crippen LogP contribution >= 0.6 is 0 Å². The number of nitrogens with zero attached hydrogens (tertiary/aromatic N) is 4. The molecule has 0 bridgehead atoms. The molecular formula is C19H19N5O4. The molecule has 5 rings (SSSR count). The molecule has 1 N–H and O–H groups in total. The standard InChI is InChI=1S/C19H19N5O4/c1-19(2)27-14-12(8-25)26-18(15(14)28-19)24-10-22-13-16(20-9-21-17(13)24)23-11-6-4-3-5-7-11/h3-10,12,14-15,18H,1-2H3,(H,20,21,23)/t12-,14-,15+,18+/m0/s1. The number of imidazole rings is 1. The van der Waals surface area contributed by atoms with Crippen LogP contribution in [0.25, 0.3) is 11.2 Å². The molecule has 2 aliphatic rings. The number of ether oxygens (including phenoxy) is 3. The fourth-order valence-corrected chi connectivity index (χ4v) is 3.73. The summed E-state index contributed by atoms with van der Waals surface area (Å²) in [6.45, 7) is 3.64. The first-order valence-electron chi connectivity index (χ1n) is 9.02. The summed E-state index contributed by atoms with van der Waals surface area (Å²) < 4.78 is 19.5. The minimum absolute atomic E-state index is 0.442. The molecule has 9 nitrogen and oxygen atoms in total. The second-order valence-corrected chi connectivity index (χ2v) is 7.23. The monoisotopic (exact) mass is 381 g/mol. The van der Waals surface area contributed by atoms with Crippen LogP contribution in [0.2, 0.25) is 0 Å². The second kappa shape index (κ2) is 6.33. The van der Waals surface area contributed by atoms with E-state index in [4.69, 9.17) is 14.2 Å². The molecule has 4 heterocycles. The van der Waals surface area contributed by atoms with Gasteiger partial charge in [-0.05, 0) is 26.0 Å². The molecule has 3 aromatic rings. The van der Waals surface area contributed by atoms with Gasteiger partial charge in [0.15, 0.2) is 35.3 Å². The highest BCUT2D eigenvalue weighted by molar-refractivity contribution is 5.85. The van der Waals surface area contributed by atoms with E-state index in [-0.39, 0.29) is 0 Å². The summed E-state index contributed by atoms with van der Waals surface area (Å²) in [6, 6.07) is 9.69. The first-order valence-corrected chi connectivity index (χ1v) is 9.02. The molecule has 0 spiro atoms. The lowest BCUT2D eigenvalue weighted by Crippen LogP contribution is -2.30. The number of benzene rings is 1. The molecule has 0 amide bonds. The maximum absolute atomic E-state index is 11.5. The number of hydrogen-bond acceptors (Lipinski definition) is 8. The molecule has 2 fully saturated rings. The van der Waals surface area contributed by atoms with Crippen LogP contribution in [0.3, 0.4) is 0 Å². The van der Waals surface area contributed by atoms with Gasteiger partial charge in [0, 0.05) is 5.69 Å². The fraction of sp³-hybridized carbons (Fsp3) is 0.368. The Morgan fingerprint density at radius 2 is 1.89 bits per heavy atom. The molecular weight excluding hydrogens is 362 g/mol. The van der Waals surface area contributed by atoms with Gasteiger partial charge in [-0.3, -0.25) is 4.57 Å². The van der Waals surface area contributed by atoms with Gasteiger partial charge < -0.3 is 24.3 Å². The molecule has 2 aliphatic heterocycles. The van der Waals surface area contributed by atoms with E-state index in [1.54, 1.807) is 10.9 Å². The number of carbonyl (C=O) groups is 1. The van der Waals surface area contributed by atoms with Crippen molar-refractivity contribution in [3.63, 3.8) is 0 Å². The summed E-state index contributed by atoms with van der Waals surface area (Å²) in [6.07, 6.45) is 1.63. The number of nitrogens with one attached hydrogen (secondary N) is 1. The Bertz CT molecular complexity index is 1020. The predicted molar refractivity (Wildman–Crippen MR) is 98.8 cm³/mol. The summed E-state index contributed by atoms with van der Waals surface area (Å²) in [4.78, 5) is 24.6. The van der Waals surface area contributed by atoms with E-state index in [1.807, 2.05) is 44.2 Å². The zero-order chi connectivity index (χ0) is 19.3. The highest BCUT2D eigenvalue weighted by Gasteiger charge is 2.56. The highest BCUT2D eigenvalue weighted by atomic mass is 16.8. The minimum Gasteiger partial charge on any atom is -0.341 e. The van der Waals surface area contributed by atoms with E-state index in [0.717, 1.165) is 12.0 Å². The second-order valence-electron chi connectivity index (χ2n) is 7.23. The Hall–Kier alpha value is -2.88. The molecule has 1 aromatic carbocycles. The number of hydrogen-bond donors (Lipinski definition) is 1. The number of rotatable bonds is 4. The third kappa shape index (κ3) is 2.75. The van der Waals surface area contributed by atoms with Crippen LogP contribution in [0.5, 0.6) is 0 Å². The molecule has 144 valence electrons. The summed E-state index contributed by atoms with van der Waals surface area (Å²) in [5.74, 6) is -0.204. The molecule has 9 heteroatoms. The number of aromatic nitrogens is 4. The largest absolute Gasteiger partial charge is 0.341 e. The molecule has 4 atom stereocenters. The minimum atomic E-state index is -0.788. The maximum atomic E-state index is 11.5. The van der Waals surface area contributed by atoms with Gasteiger partial charge in [-0.2, -0.15) is 0 Å². The van der Waals surface area contributed by atoms with Crippen LogP contribution < -0.4 is 5.32 Å². The van der Waals surface area contributed by atoms with Crippen LogP contribution in [0.4, 0.5) is 11.5 Å². The topological polar surface area (TPSA) is 100 Å². The Labute approximate surface area is 160 Å². The van der Waals surface area contributed by atoms with Gasteiger partial charge in [0.1, 0.15) is 24.6 Å². The molecule has 0 aliphatic carbocycles. The van der Waals surface area contributed by atoms with Gasteiger partial charge in [-0.1, -0.05) is 18.2 Å². The summed E-state index contributed by atoms with van der Waals surface area (Å²) in [7, 11) is 0. The van der Waals surface area contributed by atoms with Gasteiger partial charge >= 0.3 is 0 Å². The lowest BCUT2D eigenvalue weighted by molar-refractivity contribution is -0.194. The van der Waals surface area contributed by atoms with Gasteiger partial charge in [0.2, 0.25) is 0 Å². The zero-order valence-electron chi connectivity index (χ0n) is 15.4. The van der Waals surface area contributed by atoms with Gasteiger partial charge in [0.05, 0.1) is 6.33 Å². The van der Waals surface area contributed by atoms with Crippen LogP contribution in [0.1, 0.15) is 20.1 Å². The van der Waals surface area contributed by atoms with Crippen molar-refractivity contribution in [1.82, 2.24) is 19.5 Å². The van der Waals surface area contributed by atoms with Crippen molar-refractivity contribution in [3.05, 3.63) is 43.0 Å². The Morgan fingerprint density at radius 3 is 2.68 bits per heavy atom. The Balaban J connectivity index is 1.52. The smallest absolute Gasteiger partial charge is 0.167 e. The molecule has 0 unspecified atom stereocenters. The van der Waals surface area contributed by atoms with Crippen LogP contribution in [-0.4, -0.2) is 49.9 Å². The van der Waals surface area contributed by atoms with Crippen LogP contribution in [-0.2, 0) is 19.0 Å². The number of aldehydes is 1. The van der Waals surface area contributed by atoms with Crippen molar-refractivity contribution in [3.8, 4) is 0 Å². The van der Waals surface area contributed by atoms with Crippen molar-refractivity contribution in [1.29, 1.82) is 0 Å². The van der Waals surface area contributed by atoms with Crippen LogP contribution in [0.15, 0.2) is 43.0 Å². The van der Waals surface area contributed by atoms with Crippen LogP contribution in [0, 0.1) is 0 Å². The van der Waals surface area contributed by atoms with E-state index in [2.05, 4.69) is 20.3 Å². The normalized spacial score (nSPS) is 28.4. The zero-order valence-corrected chi connectivity index (χ0v) is 15.4. The summed E-state index contributed by atoms with van der Waals surface area (Å²) >= 11 is 0. The van der Waals surface area contributed by atoms with E-state index >= 15 is 0 Å². The number of para-hydroxylation sites is 1. The Kier molecular flexibility index (Phi) is 3.90. The summed E-state index contributed by atoms with van der Waals surface area (Å²) in [5.41, 5.74) is 2.07. The quantitative estimate of drug-likeness (QED) is 0.687. The number of fused-ring (bicyclic) bond motifs is 2. The third-order valence-electron chi connectivity index (χ3n) is 4.87. The maximum Gasteiger partial charge on any atom is 0.167 e. The van der Waals surface area contributed by atoms with Gasteiger partial charge in [0.25, 0.3) is 0 Å². The van der Waals surface area contributed by atoms with E-state index in [0.29, 0.717) is 17.0 Å². The number of carbonyl (C=O) groups excluding carboxylic acids is 1. The summed E-state index contributed by atoms with van der Waals surface area (Å²) in [5, 5.41) is 3.25. The third-order valence-corrected chi connectivity index (χ3v) is 4.87. The van der Waals surface area contributed by atoms with Gasteiger partial charge in [-0.15, -0.1) is 0 Å². The molecule has 2 aromatic heterocycles. The fourth-order valence-electron chi connectivity index (χ4n) is 3.73. The van der Waals surface area contributed by atoms with Crippen molar-refractivity contribution < 1.29 is 19.0 Å². The van der Waals surface area contributed by atoms with E-state index in [1.165, 1.54) is 6.33 Å². The van der Waals surface area contributed by atoms with Crippen molar-refractivity contribution in [2.24, 2.45) is 0 Å². The van der Waals surface area contributed by atoms with Gasteiger partial charge in [-0.25, -0.2) is 15.0 Å².